The van der Waals surface area contributed by atoms with Crippen LogP contribution < -0.4 is 9.47 Å². The van der Waals surface area contributed by atoms with Gasteiger partial charge < -0.3 is 9.47 Å². The summed E-state index contributed by atoms with van der Waals surface area (Å²) in [7, 11) is 1.45. The summed E-state index contributed by atoms with van der Waals surface area (Å²) in [6.07, 6.45) is 0. The van der Waals surface area contributed by atoms with Crippen molar-refractivity contribution < 1.29 is 14.4 Å². The summed E-state index contributed by atoms with van der Waals surface area (Å²) in [5.74, 6) is 0.446. The van der Waals surface area contributed by atoms with Crippen LogP contribution in [0.15, 0.2) is 18.2 Å². The topological polar surface area (TPSA) is 87.4 Å². The SMILES string of the molecule is COc1ccc([N+](=O)[O-])c(Oc2nsnc2Cl)c1. The van der Waals surface area contributed by atoms with Crippen molar-refractivity contribution in [2.75, 3.05) is 7.11 Å². The lowest BCUT2D eigenvalue weighted by Crippen LogP contribution is -1.95. The number of methoxy groups -OCH3 is 1. The second kappa shape index (κ2) is 5.15. The predicted molar refractivity (Wildman–Crippen MR) is 64.6 cm³/mol. The Kier molecular flexibility index (Phi) is 3.58. The average Bonchev–Trinajstić information content (AvgIpc) is 2.74. The molecule has 94 valence electrons. The Morgan fingerprint density at radius 2 is 2.22 bits per heavy atom. The fourth-order valence-electron chi connectivity index (χ4n) is 1.19. The molecular weight excluding hydrogens is 282 g/mol. The first-order valence-electron chi connectivity index (χ1n) is 4.60. The van der Waals surface area contributed by atoms with E-state index in [9.17, 15) is 10.1 Å². The highest BCUT2D eigenvalue weighted by Crippen LogP contribution is 2.36. The molecule has 9 heteroatoms. The molecule has 7 nitrogen and oxygen atoms in total. The van der Waals surface area contributed by atoms with Gasteiger partial charge in [0, 0.05) is 12.1 Å². The molecular formula is C9H6ClN3O4S. The highest BCUT2D eigenvalue weighted by atomic mass is 35.5. The number of nitro groups is 1. The third kappa shape index (κ3) is 2.49. The van der Waals surface area contributed by atoms with E-state index in [-0.39, 0.29) is 22.5 Å². The Balaban J connectivity index is 2.41. The van der Waals surface area contributed by atoms with E-state index < -0.39 is 4.92 Å². The van der Waals surface area contributed by atoms with Gasteiger partial charge in [0.15, 0.2) is 0 Å². The van der Waals surface area contributed by atoms with Gasteiger partial charge in [-0.2, -0.15) is 4.37 Å². The second-order valence-corrected chi connectivity index (χ2v) is 3.94. The Labute approximate surface area is 110 Å². The number of nitrogens with zero attached hydrogens (tertiary/aromatic N) is 3. The lowest BCUT2D eigenvalue weighted by molar-refractivity contribution is -0.385. The molecule has 0 aliphatic carbocycles. The van der Waals surface area contributed by atoms with Crippen molar-refractivity contribution in [2.45, 2.75) is 0 Å². The van der Waals surface area contributed by atoms with E-state index in [2.05, 4.69) is 8.75 Å². The highest BCUT2D eigenvalue weighted by molar-refractivity contribution is 6.99. The van der Waals surface area contributed by atoms with Crippen LogP contribution in [0.3, 0.4) is 0 Å². The molecule has 0 saturated heterocycles. The summed E-state index contributed by atoms with van der Waals surface area (Å²) in [5, 5.41) is 10.9. The molecule has 1 heterocycles. The van der Waals surface area contributed by atoms with Crippen LogP contribution in [-0.2, 0) is 0 Å². The summed E-state index contributed by atoms with van der Waals surface area (Å²) < 4.78 is 17.7. The van der Waals surface area contributed by atoms with E-state index in [1.165, 1.54) is 25.3 Å². The minimum Gasteiger partial charge on any atom is -0.497 e. The molecule has 0 aliphatic heterocycles. The van der Waals surface area contributed by atoms with Gasteiger partial charge in [-0.25, -0.2) is 0 Å². The van der Waals surface area contributed by atoms with E-state index in [0.717, 1.165) is 11.7 Å². The Hall–Kier alpha value is -1.93. The van der Waals surface area contributed by atoms with Crippen LogP contribution in [0, 0.1) is 10.1 Å². The lowest BCUT2D eigenvalue weighted by atomic mass is 10.3. The molecule has 0 amide bonds. The Morgan fingerprint density at radius 3 is 2.78 bits per heavy atom. The predicted octanol–water partition coefficient (Wildman–Crippen LogP) is 2.90. The monoisotopic (exact) mass is 287 g/mol. The maximum absolute atomic E-state index is 10.9. The molecule has 1 aromatic carbocycles. The number of aromatic nitrogens is 2. The van der Waals surface area contributed by atoms with E-state index in [1.54, 1.807) is 0 Å². The van der Waals surface area contributed by atoms with Crippen molar-refractivity contribution in [3.05, 3.63) is 33.5 Å². The van der Waals surface area contributed by atoms with Crippen LogP contribution in [-0.4, -0.2) is 20.8 Å². The molecule has 0 radical (unpaired) electrons. The van der Waals surface area contributed by atoms with Gasteiger partial charge in [0.25, 0.3) is 5.88 Å². The quantitative estimate of drug-likeness (QED) is 0.634. The van der Waals surface area contributed by atoms with Crippen LogP contribution in [0.25, 0.3) is 0 Å². The van der Waals surface area contributed by atoms with Crippen LogP contribution in [0.4, 0.5) is 5.69 Å². The molecule has 0 unspecified atom stereocenters. The molecule has 0 spiro atoms. The molecule has 0 aliphatic rings. The Morgan fingerprint density at radius 1 is 1.44 bits per heavy atom. The van der Waals surface area contributed by atoms with Gasteiger partial charge in [0.1, 0.15) is 5.75 Å². The van der Waals surface area contributed by atoms with E-state index >= 15 is 0 Å². The number of benzene rings is 1. The zero-order valence-electron chi connectivity index (χ0n) is 8.99. The molecule has 0 N–H and O–H groups in total. The van der Waals surface area contributed by atoms with Crippen molar-refractivity contribution in [3.8, 4) is 17.4 Å². The van der Waals surface area contributed by atoms with Gasteiger partial charge in [-0.15, -0.1) is 4.37 Å². The maximum Gasteiger partial charge on any atom is 0.311 e. The number of rotatable bonds is 4. The van der Waals surface area contributed by atoms with Gasteiger partial charge in [-0.3, -0.25) is 10.1 Å². The minimum atomic E-state index is -0.567. The highest BCUT2D eigenvalue weighted by Gasteiger charge is 2.19. The molecule has 0 bridgehead atoms. The van der Waals surface area contributed by atoms with Gasteiger partial charge in [0.2, 0.25) is 10.9 Å². The molecule has 0 fully saturated rings. The van der Waals surface area contributed by atoms with E-state index in [0.29, 0.717) is 5.75 Å². The van der Waals surface area contributed by atoms with Crippen molar-refractivity contribution in [2.24, 2.45) is 0 Å². The van der Waals surface area contributed by atoms with Crippen molar-refractivity contribution in [1.82, 2.24) is 8.75 Å². The second-order valence-electron chi connectivity index (χ2n) is 3.05. The molecule has 0 atom stereocenters. The van der Waals surface area contributed by atoms with E-state index in [4.69, 9.17) is 21.1 Å². The molecule has 18 heavy (non-hydrogen) atoms. The fraction of sp³-hybridized carbons (Fsp3) is 0.111. The first-order chi connectivity index (χ1) is 8.61. The first-order valence-corrected chi connectivity index (χ1v) is 5.71. The number of hydrogen-bond acceptors (Lipinski definition) is 7. The van der Waals surface area contributed by atoms with Crippen LogP contribution >= 0.6 is 23.3 Å². The summed E-state index contributed by atoms with van der Waals surface area (Å²) in [6.45, 7) is 0. The standard InChI is InChI=1S/C9H6ClN3O4S/c1-16-5-2-3-6(13(14)15)7(4-5)17-9-8(10)11-18-12-9/h2-4H,1H3. The number of nitro benzene ring substituents is 1. The largest absolute Gasteiger partial charge is 0.497 e. The van der Waals surface area contributed by atoms with Gasteiger partial charge >= 0.3 is 5.69 Å². The van der Waals surface area contributed by atoms with Gasteiger partial charge in [-0.05, 0) is 6.07 Å². The van der Waals surface area contributed by atoms with Gasteiger partial charge in [-0.1, -0.05) is 11.6 Å². The van der Waals surface area contributed by atoms with Crippen molar-refractivity contribution >= 4 is 29.0 Å². The third-order valence-electron chi connectivity index (χ3n) is 1.99. The first kappa shape index (κ1) is 12.5. The minimum absolute atomic E-state index is 0.00560. The fourth-order valence-corrected chi connectivity index (χ4v) is 1.80. The summed E-state index contributed by atoms with van der Waals surface area (Å²) in [5.41, 5.74) is -0.208. The smallest absolute Gasteiger partial charge is 0.311 e. The number of hydrogen-bond donors (Lipinski definition) is 0. The van der Waals surface area contributed by atoms with Crippen LogP contribution in [0.1, 0.15) is 0 Å². The summed E-state index contributed by atoms with van der Waals surface area (Å²) >= 11 is 6.56. The molecule has 2 aromatic rings. The molecule has 0 saturated carbocycles. The van der Waals surface area contributed by atoms with Gasteiger partial charge in [0.05, 0.1) is 23.8 Å². The molecule has 1 aromatic heterocycles. The number of halogens is 1. The third-order valence-corrected chi connectivity index (χ3v) is 2.85. The van der Waals surface area contributed by atoms with E-state index in [1.807, 2.05) is 0 Å². The van der Waals surface area contributed by atoms with Crippen molar-refractivity contribution in [1.29, 1.82) is 0 Å². The Bertz CT molecular complexity index is 589. The maximum atomic E-state index is 10.9. The van der Waals surface area contributed by atoms with Crippen LogP contribution in [0.2, 0.25) is 5.15 Å². The normalized spacial score (nSPS) is 10.1. The van der Waals surface area contributed by atoms with Crippen LogP contribution in [0.5, 0.6) is 17.4 Å². The number of ether oxygens (including phenoxy) is 2. The zero-order chi connectivity index (χ0) is 13.1. The summed E-state index contributed by atoms with van der Waals surface area (Å²) in [6, 6.07) is 4.13. The lowest BCUT2D eigenvalue weighted by Gasteiger charge is -2.05. The summed E-state index contributed by atoms with van der Waals surface area (Å²) in [4.78, 5) is 10.3. The zero-order valence-corrected chi connectivity index (χ0v) is 10.6. The molecule has 2 rings (SSSR count). The average molecular weight is 288 g/mol. The van der Waals surface area contributed by atoms with Crippen molar-refractivity contribution in [3.63, 3.8) is 0 Å².